The van der Waals surface area contributed by atoms with Gasteiger partial charge in [-0.1, -0.05) is 55.4 Å². The Morgan fingerprint density at radius 1 is 0.958 bits per heavy atom. The molecule has 1 rings (SSSR count). The van der Waals surface area contributed by atoms with E-state index in [1.54, 1.807) is 0 Å². The molecular weight excluding hydrogens is 386 g/mol. The third-order valence-electron chi connectivity index (χ3n) is 2.74. The minimum atomic E-state index is -3.06. The van der Waals surface area contributed by atoms with Gasteiger partial charge in [0, 0.05) is 5.41 Å². The van der Waals surface area contributed by atoms with Crippen LogP contribution in [0.4, 0.5) is 0 Å². The van der Waals surface area contributed by atoms with Crippen LogP contribution < -0.4 is 0 Å². The first-order valence-corrected chi connectivity index (χ1v) is 13.1. The van der Waals surface area contributed by atoms with Crippen molar-refractivity contribution < 1.29 is 22.4 Å². The molecule has 1 heterocycles. The van der Waals surface area contributed by atoms with Crippen LogP contribution >= 0.6 is 13.4 Å². The Bertz CT molecular complexity index is 487. The molecule has 0 unspecified atom stereocenters. The van der Waals surface area contributed by atoms with Crippen molar-refractivity contribution in [2.75, 3.05) is 26.4 Å². The summed E-state index contributed by atoms with van der Waals surface area (Å²) in [6.45, 7) is 12.2. The summed E-state index contributed by atoms with van der Waals surface area (Å²) >= 11 is 11.1. The van der Waals surface area contributed by atoms with E-state index in [-0.39, 0.29) is 16.2 Å². The fourth-order valence-electron chi connectivity index (χ4n) is 1.39. The zero-order chi connectivity index (χ0) is 18.9. The summed E-state index contributed by atoms with van der Waals surface area (Å²) in [5.74, 6) is 0. The Labute approximate surface area is 157 Å². The predicted molar refractivity (Wildman–Crippen MR) is 106 cm³/mol. The molecule has 0 amide bonds. The van der Waals surface area contributed by atoms with Crippen LogP contribution in [0, 0.1) is 16.2 Å². The standard InChI is InChI=1S/C15H32O5P2S2/c1-13(2,3)9-16-21(23,17-10-14(4,5)6)20-22(24)18-11-15(7,8)12-19-22/h9-12H2,1-8H3. The van der Waals surface area contributed by atoms with Gasteiger partial charge in [0.15, 0.2) is 0 Å². The van der Waals surface area contributed by atoms with Crippen LogP contribution in [-0.2, 0) is 46.0 Å². The number of rotatable bonds is 6. The van der Waals surface area contributed by atoms with Gasteiger partial charge in [0.2, 0.25) is 0 Å². The highest BCUT2D eigenvalue weighted by Crippen LogP contribution is 2.68. The Morgan fingerprint density at radius 3 is 1.67 bits per heavy atom. The van der Waals surface area contributed by atoms with Gasteiger partial charge in [0.05, 0.1) is 26.4 Å². The van der Waals surface area contributed by atoms with E-state index in [0.29, 0.717) is 26.4 Å². The van der Waals surface area contributed by atoms with Gasteiger partial charge in [-0.25, -0.2) is 4.31 Å². The van der Waals surface area contributed by atoms with Gasteiger partial charge in [-0.3, -0.25) is 0 Å². The smallest absolute Gasteiger partial charge is 0.308 e. The summed E-state index contributed by atoms with van der Waals surface area (Å²) in [7, 11) is 0. The summed E-state index contributed by atoms with van der Waals surface area (Å²) in [5, 5.41) is 0. The molecule has 0 aromatic heterocycles. The maximum absolute atomic E-state index is 5.91. The number of hydrogen-bond acceptors (Lipinski definition) is 7. The second-order valence-electron chi connectivity index (χ2n) is 9.36. The lowest BCUT2D eigenvalue weighted by Gasteiger charge is -2.38. The Balaban J connectivity index is 2.84. The van der Waals surface area contributed by atoms with Crippen molar-refractivity contribution in [3.8, 4) is 0 Å². The van der Waals surface area contributed by atoms with Gasteiger partial charge in [-0.2, -0.15) is 0 Å². The molecule has 0 aromatic carbocycles. The molecule has 0 atom stereocenters. The molecule has 1 saturated heterocycles. The zero-order valence-electron chi connectivity index (χ0n) is 16.1. The van der Waals surface area contributed by atoms with E-state index in [0.717, 1.165) is 0 Å². The van der Waals surface area contributed by atoms with Gasteiger partial charge >= 0.3 is 13.4 Å². The molecule has 144 valence electrons. The van der Waals surface area contributed by atoms with Crippen molar-refractivity contribution in [2.24, 2.45) is 16.2 Å². The monoisotopic (exact) mass is 418 g/mol. The molecule has 24 heavy (non-hydrogen) atoms. The van der Waals surface area contributed by atoms with E-state index in [1.165, 1.54) is 0 Å². The normalized spacial score (nSPS) is 21.7. The van der Waals surface area contributed by atoms with Crippen molar-refractivity contribution >= 4 is 37.1 Å². The van der Waals surface area contributed by atoms with Crippen LogP contribution in [0.3, 0.4) is 0 Å². The van der Waals surface area contributed by atoms with E-state index in [1.807, 2.05) is 13.8 Å². The SMILES string of the molecule is CC(C)(C)COP(=S)(OCC(C)(C)C)OP1(=S)OCC(C)(C)CO1. The lowest BCUT2D eigenvalue weighted by atomic mass is 9.97. The molecule has 0 radical (unpaired) electrons. The van der Waals surface area contributed by atoms with Crippen molar-refractivity contribution in [3.05, 3.63) is 0 Å². The highest BCUT2D eigenvalue weighted by atomic mass is 32.5. The van der Waals surface area contributed by atoms with Crippen molar-refractivity contribution in [3.63, 3.8) is 0 Å². The molecule has 1 aliphatic heterocycles. The Kier molecular flexibility index (Phi) is 7.71. The molecule has 0 saturated carbocycles. The Hall–Kier alpha value is 1.10. The third kappa shape index (κ3) is 9.16. The van der Waals surface area contributed by atoms with Crippen molar-refractivity contribution in [1.29, 1.82) is 0 Å². The van der Waals surface area contributed by atoms with Crippen LogP contribution in [-0.4, -0.2) is 26.4 Å². The van der Waals surface area contributed by atoms with Crippen LogP contribution in [0.5, 0.6) is 0 Å². The molecule has 9 heteroatoms. The molecule has 0 aliphatic carbocycles. The van der Waals surface area contributed by atoms with Gasteiger partial charge < -0.3 is 18.1 Å². The van der Waals surface area contributed by atoms with Crippen LogP contribution in [0.15, 0.2) is 0 Å². The van der Waals surface area contributed by atoms with Crippen LogP contribution in [0.2, 0.25) is 0 Å². The molecule has 0 spiro atoms. The second-order valence-corrected chi connectivity index (χ2v) is 15.5. The molecule has 1 aliphatic rings. The zero-order valence-corrected chi connectivity index (χ0v) is 19.5. The van der Waals surface area contributed by atoms with Crippen molar-refractivity contribution in [2.45, 2.75) is 55.4 Å². The highest BCUT2D eigenvalue weighted by Gasteiger charge is 2.40. The maximum atomic E-state index is 5.91. The molecule has 0 aromatic rings. The topological polar surface area (TPSA) is 46.2 Å². The molecule has 1 fully saturated rings. The third-order valence-corrected chi connectivity index (χ3v) is 8.58. The summed E-state index contributed by atoms with van der Waals surface area (Å²) < 4.78 is 29.1. The van der Waals surface area contributed by atoms with Crippen LogP contribution in [0.25, 0.3) is 0 Å². The summed E-state index contributed by atoms with van der Waals surface area (Å²) in [5.41, 5.74) is -0.226. The minimum absolute atomic E-state index is 0.0676. The van der Waals surface area contributed by atoms with Gasteiger partial charge in [-0.15, -0.1) is 0 Å². The fraction of sp³-hybridized carbons (Fsp3) is 1.00. The molecule has 0 N–H and O–H groups in total. The first-order chi connectivity index (χ1) is 10.5. The lowest BCUT2D eigenvalue weighted by Crippen LogP contribution is -2.29. The molecular formula is C15H32O5P2S2. The maximum Gasteiger partial charge on any atom is 0.334 e. The van der Waals surface area contributed by atoms with E-state index >= 15 is 0 Å². The van der Waals surface area contributed by atoms with Gasteiger partial charge in [0.1, 0.15) is 0 Å². The summed E-state index contributed by atoms with van der Waals surface area (Å²) in [6, 6.07) is 0. The van der Waals surface area contributed by atoms with Gasteiger partial charge in [-0.05, 0) is 34.4 Å². The van der Waals surface area contributed by atoms with E-state index in [9.17, 15) is 0 Å². The average Bonchev–Trinajstić information content (AvgIpc) is 2.37. The predicted octanol–water partition coefficient (Wildman–Crippen LogP) is 5.65. The average molecular weight is 418 g/mol. The first-order valence-electron chi connectivity index (χ1n) is 8.03. The molecule has 0 bridgehead atoms. The number of hydrogen-bond donors (Lipinski definition) is 0. The van der Waals surface area contributed by atoms with E-state index in [2.05, 4.69) is 41.5 Å². The van der Waals surface area contributed by atoms with Crippen molar-refractivity contribution in [1.82, 2.24) is 0 Å². The molecule has 5 nitrogen and oxygen atoms in total. The Morgan fingerprint density at radius 2 is 1.33 bits per heavy atom. The largest absolute Gasteiger partial charge is 0.334 e. The van der Waals surface area contributed by atoms with E-state index < -0.39 is 13.4 Å². The fourth-order valence-corrected chi connectivity index (χ4v) is 7.97. The minimum Gasteiger partial charge on any atom is -0.308 e. The van der Waals surface area contributed by atoms with Gasteiger partial charge in [0.25, 0.3) is 0 Å². The summed E-state index contributed by atoms with van der Waals surface area (Å²) in [4.78, 5) is 0. The van der Waals surface area contributed by atoms with Crippen LogP contribution in [0.1, 0.15) is 55.4 Å². The highest BCUT2D eigenvalue weighted by molar-refractivity contribution is 8.14. The second kappa shape index (κ2) is 8.00. The lowest BCUT2D eigenvalue weighted by molar-refractivity contribution is 0.0338. The quantitative estimate of drug-likeness (QED) is 0.517. The first kappa shape index (κ1) is 23.1. The summed E-state index contributed by atoms with van der Waals surface area (Å²) in [6.07, 6.45) is 0. The van der Waals surface area contributed by atoms with E-state index in [4.69, 9.17) is 46.0 Å².